The second kappa shape index (κ2) is 9.29. The molecule has 0 aliphatic carbocycles. The molecule has 0 saturated carbocycles. The molecule has 0 radical (unpaired) electrons. The fraction of sp³-hybridized carbons (Fsp3) is 0.241. The molecule has 0 amide bonds. The Labute approximate surface area is 204 Å². The second-order valence-electron chi connectivity index (χ2n) is 9.31. The van der Waals surface area contributed by atoms with Crippen molar-refractivity contribution in [3.8, 4) is 28.4 Å². The number of benzene rings is 3. The SMILES string of the molecule is COc1ccc(-c2c(C)oc3cc(OC(=O)c4ccc(C(C)(C)C)cc4)ccc3c2=O)cc1OC. The molecule has 1 heterocycles. The Balaban J connectivity index is 1.66. The van der Waals surface area contributed by atoms with Crippen LogP contribution in [0.1, 0.15) is 42.5 Å². The first-order valence-corrected chi connectivity index (χ1v) is 11.2. The zero-order valence-corrected chi connectivity index (χ0v) is 20.7. The highest BCUT2D eigenvalue weighted by Gasteiger charge is 2.18. The minimum Gasteiger partial charge on any atom is -0.493 e. The minimum atomic E-state index is -0.481. The number of esters is 1. The molecule has 6 nitrogen and oxygen atoms in total. The van der Waals surface area contributed by atoms with Crippen molar-refractivity contribution in [1.29, 1.82) is 0 Å². The standard InChI is InChI=1S/C29H28O6/c1-17-26(19-9-14-23(32-5)25(15-19)33-6)27(30)22-13-12-21(16-24(22)34-17)35-28(31)18-7-10-20(11-8-18)29(2,3)4/h7-16H,1-6H3. The van der Waals surface area contributed by atoms with Crippen LogP contribution >= 0.6 is 0 Å². The molecule has 6 heteroatoms. The molecule has 3 aromatic carbocycles. The van der Waals surface area contributed by atoms with Crippen LogP contribution in [0.3, 0.4) is 0 Å². The van der Waals surface area contributed by atoms with Gasteiger partial charge in [0.15, 0.2) is 11.5 Å². The van der Waals surface area contributed by atoms with Crippen LogP contribution in [-0.2, 0) is 5.41 Å². The van der Waals surface area contributed by atoms with Gasteiger partial charge >= 0.3 is 5.97 Å². The Morgan fingerprint density at radius 1 is 0.857 bits per heavy atom. The van der Waals surface area contributed by atoms with E-state index in [-0.39, 0.29) is 10.8 Å². The first kappa shape index (κ1) is 24.1. The van der Waals surface area contributed by atoms with Crippen molar-refractivity contribution < 1.29 is 23.4 Å². The highest BCUT2D eigenvalue weighted by molar-refractivity contribution is 5.92. The lowest BCUT2D eigenvalue weighted by atomic mass is 9.87. The number of aryl methyl sites for hydroxylation is 1. The van der Waals surface area contributed by atoms with Gasteiger partial charge in [0, 0.05) is 6.07 Å². The smallest absolute Gasteiger partial charge is 0.343 e. The van der Waals surface area contributed by atoms with E-state index < -0.39 is 5.97 Å². The molecule has 35 heavy (non-hydrogen) atoms. The van der Waals surface area contributed by atoms with E-state index in [0.717, 1.165) is 5.56 Å². The van der Waals surface area contributed by atoms with E-state index in [1.165, 1.54) is 0 Å². The molecule has 4 aromatic rings. The normalized spacial score (nSPS) is 11.4. The maximum Gasteiger partial charge on any atom is 0.343 e. The van der Waals surface area contributed by atoms with E-state index in [1.54, 1.807) is 69.7 Å². The van der Waals surface area contributed by atoms with Gasteiger partial charge in [0.25, 0.3) is 0 Å². The van der Waals surface area contributed by atoms with Gasteiger partial charge in [0.05, 0.1) is 30.7 Å². The van der Waals surface area contributed by atoms with E-state index in [0.29, 0.717) is 50.7 Å². The number of ether oxygens (including phenoxy) is 3. The molecule has 180 valence electrons. The fourth-order valence-corrected chi connectivity index (χ4v) is 3.95. The van der Waals surface area contributed by atoms with Crippen LogP contribution in [0.4, 0.5) is 0 Å². The van der Waals surface area contributed by atoms with Crippen LogP contribution in [0.5, 0.6) is 17.2 Å². The lowest BCUT2D eigenvalue weighted by Crippen LogP contribution is -2.13. The molecule has 0 bridgehead atoms. The molecule has 4 rings (SSSR count). The zero-order valence-electron chi connectivity index (χ0n) is 20.7. The van der Waals surface area contributed by atoms with Crippen molar-refractivity contribution in [2.24, 2.45) is 0 Å². The topological polar surface area (TPSA) is 75.0 Å². The van der Waals surface area contributed by atoms with Gasteiger partial charge in [-0.05, 0) is 59.9 Å². The van der Waals surface area contributed by atoms with Crippen molar-refractivity contribution in [3.63, 3.8) is 0 Å². The maximum atomic E-state index is 13.3. The Morgan fingerprint density at radius 3 is 2.17 bits per heavy atom. The largest absolute Gasteiger partial charge is 0.493 e. The number of fused-ring (bicyclic) bond motifs is 1. The summed E-state index contributed by atoms with van der Waals surface area (Å²) >= 11 is 0. The zero-order chi connectivity index (χ0) is 25.3. The predicted molar refractivity (Wildman–Crippen MR) is 136 cm³/mol. The van der Waals surface area contributed by atoms with Crippen LogP contribution in [0.15, 0.2) is 69.9 Å². The predicted octanol–water partition coefficient (Wildman–Crippen LogP) is 6.30. The van der Waals surface area contributed by atoms with Crippen LogP contribution in [0.2, 0.25) is 0 Å². The van der Waals surface area contributed by atoms with Gasteiger partial charge in [0.2, 0.25) is 5.43 Å². The molecule has 0 fully saturated rings. The number of hydrogen-bond acceptors (Lipinski definition) is 6. The summed E-state index contributed by atoms with van der Waals surface area (Å²) in [4.78, 5) is 26.0. The Kier molecular flexibility index (Phi) is 6.39. The van der Waals surface area contributed by atoms with E-state index >= 15 is 0 Å². The molecule has 0 N–H and O–H groups in total. The lowest BCUT2D eigenvalue weighted by molar-refractivity contribution is 0.0735. The summed E-state index contributed by atoms with van der Waals surface area (Å²) < 4.78 is 22.2. The van der Waals surface area contributed by atoms with Gasteiger partial charge in [-0.15, -0.1) is 0 Å². The van der Waals surface area contributed by atoms with Gasteiger partial charge in [-0.2, -0.15) is 0 Å². The van der Waals surface area contributed by atoms with Crippen LogP contribution < -0.4 is 19.6 Å². The average Bonchev–Trinajstić information content (AvgIpc) is 2.83. The number of carbonyl (C=O) groups excluding carboxylic acids is 1. The van der Waals surface area contributed by atoms with Crippen LogP contribution in [0.25, 0.3) is 22.1 Å². The van der Waals surface area contributed by atoms with Gasteiger partial charge < -0.3 is 18.6 Å². The number of methoxy groups -OCH3 is 2. The molecule has 0 aliphatic heterocycles. The summed E-state index contributed by atoms with van der Waals surface area (Å²) in [5.41, 5.74) is 2.80. The molecular formula is C29H28O6. The first-order chi connectivity index (χ1) is 16.6. The van der Waals surface area contributed by atoms with E-state index in [2.05, 4.69) is 20.8 Å². The monoisotopic (exact) mass is 472 g/mol. The third-order valence-corrected chi connectivity index (χ3v) is 5.91. The van der Waals surface area contributed by atoms with Crippen molar-refractivity contribution in [2.45, 2.75) is 33.1 Å². The summed E-state index contributed by atoms with van der Waals surface area (Å²) in [7, 11) is 3.09. The van der Waals surface area contributed by atoms with Crippen LogP contribution in [-0.4, -0.2) is 20.2 Å². The molecule has 0 unspecified atom stereocenters. The highest BCUT2D eigenvalue weighted by Crippen LogP contribution is 2.33. The fourth-order valence-electron chi connectivity index (χ4n) is 3.95. The molecular weight excluding hydrogens is 444 g/mol. The summed E-state index contributed by atoms with van der Waals surface area (Å²) in [5, 5.41) is 0.384. The summed E-state index contributed by atoms with van der Waals surface area (Å²) in [5.74, 6) is 1.34. The molecule has 0 spiro atoms. The van der Waals surface area contributed by atoms with Gasteiger partial charge in [0.1, 0.15) is 17.1 Å². The first-order valence-electron chi connectivity index (χ1n) is 11.2. The number of rotatable bonds is 5. The van der Waals surface area contributed by atoms with E-state index in [9.17, 15) is 9.59 Å². The van der Waals surface area contributed by atoms with Crippen molar-refractivity contribution in [2.75, 3.05) is 14.2 Å². The van der Waals surface area contributed by atoms with Gasteiger partial charge in [-0.1, -0.05) is 39.0 Å². The van der Waals surface area contributed by atoms with Crippen LogP contribution in [0, 0.1) is 6.92 Å². The summed E-state index contributed by atoms with van der Waals surface area (Å²) in [6.45, 7) is 8.06. The van der Waals surface area contributed by atoms with E-state index in [4.69, 9.17) is 18.6 Å². The average molecular weight is 473 g/mol. The summed E-state index contributed by atoms with van der Waals surface area (Å²) in [6, 6.07) is 17.4. The molecule has 0 atom stereocenters. The second-order valence-corrected chi connectivity index (χ2v) is 9.31. The lowest BCUT2D eigenvalue weighted by Gasteiger charge is -2.18. The Morgan fingerprint density at radius 2 is 1.54 bits per heavy atom. The third-order valence-electron chi connectivity index (χ3n) is 5.91. The quantitative estimate of drug-likeness (QED) is 0.251. The highest BCUT2D eigenvalue weighted by atomic mass is 16.5. The van der Waals surface area contributed by atoms with Crippen molar-refractivity contribution in [1.82, 2.24) is 0 Å². The minimum absolute atomic E-state index is 0.00795. The van der Waals surface area contributed by atoms with Crippen molar-refractivity contribution >= 4 is 16.9 Å². The third kappa shape index (κ3) is 4.78. The van der Waals surface area contributed by atoms with Gasteiger partial charge in [-0.3, -0.25) is 4.79 Å². The number of carbonyl (C=O) groups is 1. The molecule has 1 aromatic heterocycles. The molecule has 0 saturated heterocycles. The van der Waals surface area contributed by atoms with E-state index in [1.807, 2.05) is 12.1 Å². The summed E-state index contributed by atoms with van der Waals surface area (Å²) in [6.07, 6.45) is 0. The number of hydrogen-bond donors (Lipinski definition) is 0. The van der Waals surface area contributed by atoms with Crippen molar-refractivity contribution in [3.05, 3.63) is 87.8 Å². The maximum absolute atomic E-state index is 13.3. The van der Waals surface area contributed by atoms with Gasteiger partial charge in [-0.25, -0.2) is 4.79 Å². The molecule has 0 aliphatic rings. The Hall–Kier alpha value is -4.06. The Bertz CT molecular complexity index is 1460.